The molecule has 0 heterocycles. The van der Waals surface area contributed by atoms with Gasteiger partial charge in [0.1, 0.15) is 5.82 Å². The van der Waals surface area contributed by atoms with Gasteiger partial charge in [0.05, 0.1) is 5.56 Å². The number of halogens is 1. The van der Waals surface area contributed by atoms with Crippen LogP contribution in [0.3, 0.4) is 0 Å². The van der Waals surface area contributed by atoms with E-state index < -0.39 is 5.82 Å². The summed E-state index contributed by atoms with van der Waals surface area (Å²) in [5, 5.41) is 14.9. The highest BCUT2D eigenvalue weighted by molar-refractivity contribution is 5.97. The summed E-state index contributed by atoms with van der Waals surface area (Å²) in [6.45, 7) is 1.44. The van der Waals surface area contributed by atoms with Gasteiger partial charge in [-0.3, -0.25) is 0 Å². The van der Waals surface area contributed by atoms with Gasteiger partial charge in [-0.2, -0.15) is 0 Å². The quantitative estimate of drug-likeness (QED) is 0.313. The average molecular weight is 291 g/mol. The lowest BCUT2D eigenvalue weighted by atomic mass is 9.98. The minimum Gasteiger partial charge on any atom is -0.409 e. The topological polar surface area (TPSA) is 70.6 Å². The van der Waals surface area contributed by atoms with Crippen LogP contribution in [0.2, 0.25) is 0 Å². The highest BCUT2D eigenvalue weighted by Crippen LogP contribution is 2.48. The molecule has 0 saturated heterocycles. The fraction of sp³-hybridized carbons (Fsp3) is 0.562. The highest BCUT2D eigenvalue weighted by Gasteiger charge is 2.40. The van der Waals surface area contributed by atoms with E-state index in [1.54, 1.807) is 12.1 Å². The summed E-state index contributed by atoms with van der Waals surface area (Å²) >= 11 is 0. The molecule has 1 aromatic rings. The van der Waals surface area contributed by atoms with Crippen molar-refractivity contribution in [3.8, 4) is 0 Å². The molecule has 0 spiro atoms. The Balaban J connectivity index is 1.59. The second-order valence-electron chi connectivity index (χ2n) is 6.23. The van der Waals surface area contributed by atoms with Gasteiger partial charge >= 0.3 is 0 Å². The first-order valence-electron chi connectivity index (χ1n) is 7.66. The number of amidine groups is 1. The van der Waals surface area contributed by atoms with E-state index in [1.807, 2.05) is 0 Å². The molecular weight excluding hydrogens is 269 g/mol. The molecule has 5 heteroatoms. The van der Waals surface area contributed by atoms with E-state index in [-0.39, 0.29) is 11.4 Å². The molecule has 4 N–H and O–H groups in total. The van der Waals surface area contributed by atoms with Crippen molar-refractivity contribution in [3.63, 3.8) is 0 Å². The Labute approximate surface area is 124 Å². The molecule has 21 heavy (non-hydrogen) atoms. The Hall–Kier alpha value is -1.62. The number of hydrogen-bond donors (Lipinski definition) is 3. The van der Waals surface area contributed by atoms with E-state index in [9.17, 15) is 4.39 Å². The fourth-order valence-electron chi connectivity index (χ4n) is 3.11. The van der Waals surface area contributed by atoms with Crippen LogP contribution >= 0.6 is 0 Å². The maximum absolute atomic E-state index is 14.3. The SMILES string of the molecule is N/C(=N/O)c1cccc(CNCC(C2CC2)C2CC2)c1F. The summed E-state index contributed by atoms with van der Waals surface area (Å²) in [6.07, 6.45) is 5.43. The molecule has 0 atom stereocenters. The summed E-state index contributed by atoms with van der Waals surface area (Å²) in [4.78, 5) is 0. The zero-order valence-electron chi connectivity index (χ0n) is 12.1. The van der Waals surface area contributed by atoms with Crippen LogP contribution in [-0.4, -0.2) is 17.6 Å². The number of oxime groups is 1. The van der Waals surface area contributed by atoms with Gasteiger partial charge in [0.2, 0.25) is 0 Å². The maximum Gasteiger partial charge on any atom is 0.173 e. The first kappa shape index (κ1) is 14.3. The molecule has 2 fully saturated rings. The molecule has 3 rings (SSSR count). The van der Waals surface area contributed by atoms with Crippen molar-refractivity contribution in [2.45, 2.75) is 32.2 Å². The predicted octanol–water partition coefficient (Wildman–Crippen LogP) is 2.45. The summed E-state index contributed by atoms with van der Waals surface area (Å²) in [7, 11) is 0. The van der Waals surface area contributed by atoms with Crippen molar-refractivity contribution < 1.29 is 9.60 Å². The van der Waals surface area contributed by atoms with E-state index in [4.69, 9.17) is 10.9 Å². The van der Waals surface area contributed by atoms with Crippen LogP contribution in [0.25, 0.3) is 0 Å². The zero-order chi connectivity index (χ0) is 14.8. The largest absolute Gasteiger partial charge is 0.409 e. The monoisotopic (exact) mass is 291 g/mol. The number of nitrogens with two attached hydrogens (primary N) is 1. The first-order chi connectivity index (χ1) is 10.2. The number of nitrogens with one attached hydrogen (secondary N) is 1. The summed E-state index contributed by atoms with van der Waals surface area (Å²) in [5.41, 5.74) is 6.19. The van der Waals surface area contributed by atoms with Crippen molar-refractivity contribution in [2.24, 2.45) is 28.6 Å². The minimum absolute atomic E-state index is 0.151. The second kappa shape index (κ2) is 6.02. The van der Waals surface area contributed by atoms with E-state index in [2.05, 4.69) is 10.5 Å². The Kier molecular flexibility index (Phi) is 4.10. The Morgan fingerprint density at radius 2 is 2.00 bits per heavy atom. The lowest BCUT2D eigenvalue weighted by Gasteiger charge is -2.16. The third kappa shape index (κ3) is 3.35. The molecular formula is C16H22FN3O. The van der Waals surface area contributed by atoms with Gasteiger partial charge in [0.25, 0.3) is 0 Å². The van der Waals surface area contributed by atoms with Crippen LogP contribution in [0.4, 0.5) is 4.39 Å². The third-order valence-corrected chi connectivity index (χ3v) is 4.61. The second-order valence-corrected chi connectivity index (χ2v) is 6.23. The van der Waals surface area contributed by atoms with Crippen molar-refractivity contribution in [3.05, 3.63) is 35.1 Å². The number of rotatable bonds is 7. The molecule has 0 aliphatic heterocycles. The van der Waals surface area contributed by atoms with Gasteiger partial charge in [0.15, 0.2) is 5.84 Å². The number of hydrogen-bond acceptors (Lipinski definition) is 3. The number of benzene rings is 1. The molecule has 0 aromatic heterocycles. The van der Waals surface area contributed by atoms with Crippen molar-refractivity contribution in [2.75, 3.05) is 6.54 Å². The lowest BCUT2D eigenvalue weighted by molar-refractivity contribution is 0.318. The maximum atomic E-state index is 14.3. The van der Waals surface area contributed by atoms with Gasteiger partial charge in [0, 0.05) is 12.1 Å². The normalized spacial score (nSPS) is 19.2. The Bertz CT molecular complexity index is 526. The van der Waals surface area contributed by atoms with Crippen LogP contribution < -0.4 is 11.1 Å². The lowest BCUT2D eigenvalue weighted by Crippen LogP contribution is -2.26. The summed E-state index contributed by atoms with van der Waals surface area (Å²) < 4.78 is 14.3. The van der Waals surface area contributed by atoms with Crippen LogP contribution in [-0.2, 0) is 6.54 Å². The van der Waals surface area contributed by atoms with Crippen LogP contribution in [0.1, 0.15) is 36.8 Å². The van der Waals surface area contributed by atoms with Gasteiger partial charge in [-0.05, 0) is 56.0 Å². The predicted molar refractivity (Wildman–Crippen MR) is 79.6 cm³/mol. The molecule has 2 aliphatic carbocycles. The zero-order valence-corrected chi connectivity index (χ0v) is 12.1. The molecule has 2 aliphatic rings. The van der Waals surface area contributed by atoms with E-state index in [0.717, 1.165) is 24.3 Å². The van der Waals surface area contributed by atoms with Gasteiger partial charge < -0.3 is 16.3 Å². The third-order valence-electron chi connectivity index (χ3n) is 4.61. The van der Waals surface area contributed by atoms with E-state index >= 15 is 0 Å². The van der Waals surface area contributed by atoms with Gasteiger partial charge in [-0.25, -0.2) is 4.39 Å². The van der Waals surface area contributed by atoms with E-state index in [1.165, 1.54) is 31.7 Å². The van der Waals surface area contributed by atoms with Gasteiger partial charge in [-0.15, -0.1) is 0 Å². The molecule has 0 bridgehead atoms. The molecule has 0 radical (unpaired) electrons. The molecule has 0 amide bonds. The number of nitrogens with zero attached hydrogens (tertiary/aromatic N) is 1. The highest BCUT2D eigenvalue weighted by atomic mass is 19.1. The minimum atomic E-state index is -0.408. The first-order valence-corrected chi connectivity index (χ1v) is 7.66. The smallest absolute Gasteiger partial charge is 0.173 e. The molecule has 1 aromatic carbocycles. The average Bonchev–Trinajstić information content (AvgIpc) is 3.37. The van der Waals surface area contributed by atoms with Crippen LogP contribution in [0.15, 0.2) is 23.4 Å². The Morgan fingerprint density at radius 3 is 2.57 bits per heavy atom. The van der Waals surface area contributed by atoms with E-state index in [0.29, 0.717) is 12.1 Å². The molecule has 2 saturated carbocycles. The van der Waals surface area contributed by atoms with Crippen molar-refractivity contribution in [1.29, 1.82) is 0 Å². The van der Waals surface area contributed by atoms with Gasteiger partial charge in [-0.1, -0.05) is 17.3 Å². The summed E-state index contributed by atoms with van der Waals surface area (Å²) in [5.74, 6) is 1.94. The molecule has 4 nitrogen and oxygen atoms in total. The van der Waals surface area contributed by atoms with Crippen LogP contribution in [0, 0.1) is 23.6 Å². The molecule has 0 unspecified atom stereocenters. The standard InChI is InChI=1S/C16H22FN3O/c17-15-12(2-1-3-13(15)16(18)20-21)8-19-9-14(10-4-5-10)11-6-7-11/h1-3,10-11,14,19,21H,4-9H2,(H2,18,20). The fourth-order valence-corrected chi connectivity index (χ4v) is 3.11. The van der Waals surface area contributed by atoms with Crippen LogP contribution in [0.5, 0.6) is 0 Å². The Morgan fingerprint density at radius 1 is 1.33 bits per heavy atom. The van der Waals surface area contributed by atoms with Crippen molar-refractivity contribution in [1.82, 2.24) is 5.32 Å². The molecule has 114 valence electrons. The van der Waals surface area contributed by atoms with Crippen molar-refractivity contribution >= 4 is 5.84 Å². The summed E-state index contributed by atoms with van der Waals surface area (Å²) in [6, 6.07) is 4.98.